The van der Waals surface area contributed by atoms with E-state index >= 15 is 0 Å². The first-order valence-corrected chi connectivity index (χ1v) is 9.20. The molecule has 0 saturated carbocycles. The van der Waals surface area contributed by atoms with Crippen molar-refractivity contribution in [1.82, 2.24) is 10.2 Å². The minimum Gasteiger partial charge on any atom is -0.366 e. The fourth-order valence-corrected chi connectivity index (χ4v) is 3.64. The molecule has 0 radical (unpaired) electrons. The fraction of sp³-hybridized carbons (Fsp3) is 0.529. The highest BCUT2D eigenvalue weighted by atomic mass is 35.5. The third-order valence-electron chi connectivity index (χ3n) is 4.48. The van der Waals surface area contributed by atoms with Gasteiger partial charge in [-0.25, -0.2) is 0 Å². The van der Waals surface area contributed by atoms with Crippen molar-refractivity contribution in [2.24, 2.45) is 0 Å². The van der Waals surface area contributed by atoms with E-state index in [0.717, 1.165) is 19.4 Å². The predicted molar refractivity (Wildman–Crippen MR) is 97.1 cm³/mol. The van der Waals surface area contributed by atoms with E-state index < -0.39 is 12.1 Å². The van der Waals surface area contributed by atoms with Gasteiger partial charge in [0.05, 0.1) is 17.3 Å². The van der Waals surface area contributed by atoms with E-state index in [4.69, 9.17) is 27.9 Å². The second kappa shape index (κ2) is 8.36. The van der Waals surface area contributed by atoms with Crippen LogP contribution in [0.5, 0.6) is 0 Å². The zero-order valence-electron chi connectivity index (χ0n) is 13.8. The van der Waals surface area contributed by atoms with E-state index in [0.29, 0.717) is 41.8 Å². The second-order valence-electron chi connectivity index (χ2n) is 6.22. The van der Waals surface area contributed by atoms with Crippen LogP contribution in [0.3, 0.4) is 0 Å². The lowest BCUT2D eigenvalue weighted by Gasteiger charge is -2.37. The maximum atomic E-state index is 12.8. The van der Waals surface area contributed by atoms with Gasteiger partial charge in [-0.15, -0.1) is 0 Å². The van der Waals surface area contributed by atoms with Gasteiger partial charge in [0.1, 0.15) is 12.1 Å². The Morgan fingerprint density at radius 1 is 1.28 bits per heavy atom. The largest absolute Gasteiger partial charge is 0.366 e. The van der Waals surface area contributed by atoms with Crippen LogP contribution in [0.25, 0.3) is 0 Å². The molecular weight excluding hydrogens is 365 g/mol. The topological polar surface area (TPSA) is 70.7 Å². The van der Waals surface area contributed by atoms with E-state index in [1.807, 2.05) is 0 Å². The first-order valence-electron chi connectivity index (χ1n) is 8.45. The molecule has 0 aromatic heterocycles. The number of amides is 2. The highest BCUT2D eigenvalue weighted by Crippen LogP contribution is 2.27. The number of nitrogens with one attached hydrogen (secondary N) is 2. The first-order chi connectivity index (χ1) is 12.1. The number of rotatable bonds is 3. The van der Waals surface area contributed by atoms with Gasteiger partial charge in [-0.1, -0.05) is 23.2 Å². The smallest absolute Gasteiger partial charge is 0.253 e. The van der Waals surface area contributed by atoms with Crippen molar-refractivity contribution in [3.63, 3.8) is 0 Å². The Morgan fingerprint density at radius 3 is 2.84 bits per heavy atom. The number of carbonyl (C=O) groups is 2. The normalized spacial score (nSPS) is 24.0. The minimum atomic E-state index is -0.527. The number of ether oxygens (including phenoxy) is 1. The molecule has 2 heterocycles. The molecule has 3 rings (SSSR count). The van der Waals surface area contributed by atoms with Gasteiger partial charge in [-0.2, -0.15) is 0 Å². The van der Waals surface area contributed by atoms with Crippen LogP contribution in [-0.2, 0) is 14.3 Å². The zero-order valence-corrected chi connectivity index (χ0v) is 15.3. The number of hydrogen-bond acceptors (Lipinski definition) is 4. The Labute approximate surface area is 156 Å². The van der Waals surface area contributed by atoms with E-state index in [9.17, 15) is 9.59 Å². The molecule has 1 aromatic rings. The SMILES string of the molecule is O=C(Nc1ccc(Cl)cc1Cl)C1CCCCN1C(=O)C1CNCCO1. The summed E-state index contributed by atoms with van der Waals surface area (Å²) in [6, 6.07) is 4.38. The predicted octanol–water partition coefficient (Wildman–Crippen LogP) is 2.30. The Morgan fingerprint density at radius 2 is 2.12 bits per heavy atom. The number of piperidine rings is 1. The molecule has 2 saturated heterocycles. The standard InChI is InChI=1S/C17H21Cl2N3O3/c18-11-4-5-13(12(19)9-11)21-16(23)14-3-1-2-7-22(14)17(24)15-10-20-6-8-25-15/h4-5,9,14-15,20H,1-3,6-8,10H2,(H,21,23). The lowest BCUT2D eigenvalue weighted by atomic mass is 10.00. The van der Waals surface area contributed by atoms with E-state index in [1.54, 1.807) is 23.1 Å². The summed E-state index contributed by atoms with van der Waals surface area (Å²) in [7, 11) is 0. The molecule has 1 aromatic carbocycles. The summed E-state index contributed by atoms with van der Waals surface area (Å²) in [4.78, 5) is 27.2. The molecular formula is C17H21Cl2N3O3. The summed E-state index contributed by atoms with van der Waals surface area (Å²) < 4.78 is 5.55. The van der Waals surface area contributed by atoms with Crippen LogP contribution >= 0.6 is 23.2 Å². The summed E-state index contributed by atoms with van der Waals surface area (Å²) in [6.45, 7) is 2.28. The van der Waals surface area contributed by atoms with Gasteiger partial charge < -0.3 is 20.3 Å². The van der Waals surface area contributed by atoms with Gasteiger partial charge in [0.15, 0.2) is 0 Å². The van der Waals surface area contributed by atoms with Crippen molar-refractivity contribution >= 4 is 40.7 Å². The third-order valence-corrected chi connectivity index (χ3v) is 5.03. The molecule has 2 N–H and O–H groups in total. The zero-order chi connectivity index (χ0) is 17.8. The number of nitrogens with zero attached hydrogens (tertiary/aromatic N) is 1. The number of morpholine rings is 1. The monoisotopic (exact) mass is 385 g/mol. The molecule has 0 aliphatic carbocycles. The molecule has 2 unspecified atom stereocenters. The van der Waals surface area contributed by atoms with Crippen LogP contribution in [0.15, 0.2) is 18.2 Å². The Balaban J connectivity index is 1.71. The van der Waals surface area contributed by atoms with Gasteiger partial charge in [0.2, 0.25) is 5.91 Å². The Hall–Kier alpha value is -1.34. The average molecular weight is 386 g/mol. The summed E-state index contributed by atoms with van der Waals surface area (Å²) >= 11 is 12.0. The van der Waals surface area contributed by atoms with Crippen LogP contribution in [-0.4, -0.2) is 55.1 Å². The molecule has 0 bridgehead atoms. The van der Waals surface area contributed by atoms with Crippen LogP contribution in [0.4, 0.5) is 5.69 Å². The number of carbonyl (C=O) groups excluding carboxylic acids is 2. The van der Waals surface area contributed by atoms with Gasteiger partial charge in [0.25, 0.3) is 5.91 Å². The molecule has 2 aliphatic rings. The van der Waals surface area contributed by atoms with Crippen molar-refractivity contribution in [3.8, 4) is 0 Å². The Kier molecular flexibility index (Phi) is 6.17. The highest BCUT2D eigenvalue weighted by Gasteiger charge is 2.36. The molecule has 0 spiro atoms. The third kappa shape index (κ3) is 4.44. The summed E-state index contributed by atoms with van der Waals surface area (Å²) in [6.07, 6.45) is 1.89. The molecule has 8 heteroatoms. The summed E-state index contributed by atoms with van der Waals surface area (Å²) in [5.74, 6) is -0.365. The van der Waals surface area contributed by atoms with Gasteiger partial charge in [0, 0.05) is 24.7 Å². The molecule has 6 nitrogen and oxygen atoms in total. The average Bonchev–Trinajstić information content (AvgIpc) is 2.64. The number of halogens is 2. The van der Waals surface area contributed by atoms with E-state index in [1.165, 1.54) is 0 Å². The summed E-state index contributed by atoms with van der Waals surface area (Å²) in [5, 5.41) is 6.83. The van der Waals surface area contributed by atoms with Gasteiger partial charge in [-0.3, -0.25) is 9.59 Å². The quantitative estimate of drug-likeness (QED) is 0.837. The molecule has 2 amide bonds. The van der Waals surface area contributed by atoms with Crippen LogP contribution in [0.1, 0.15) is 19.3 Å². The van der Waals surface area contributed by atoms with Crippen molar-refractivity contribution in [2.75, 3.05) is 31.6 Å². The minimum absolute atomic E-state index is 0.130. The highest BCUT2D eigenvalue weighted by molar-refractivity contribution is 6.36. The first kappa shape index (κ1) is 18.5. The molecule has 2 atom stereocenters. The number of anilines is 1. The van der Waals surface area contributed by atoms with Crippen molar-refractivity contribution < 1.29 is 14.3 Å². The maximum absolute atomic E-state index is 12.8. The van der Waals surface area contributed by atoms with Gasteiger partial charge in [-0.05, 0) is 37.5 Å². The van der Waals surface area contributed by atoms with Crippen molar-refractivity contribution in [2.45, 2.75) is 31.4 Å². The van der Waals surface area contributed by atoms with Crippen molar-refractivity contribution in [1.29, 1.82) is 0 Å². The lowest BCUT2D eigenvalue weighted by Crippen LogP contribution is -2.56. The van der Waals surface area contributed by atoms with E-state index in [-0.39, 0.29) is 11.8 Å². The van der Waals surface area contributed by atoms with Crippen LogP contribution in [0, 0.1) is 0 Å². The lowest BCUT2D eigenvalue weighted by molar-refractivity contribution is -0.152. The second-order valence-corrected chi connectivity index (χ2v) is 7.06. The number of likely N-dealkylation sites (tertiary alicyclic amines) is 1. The van der Waals surface area contributed by atoms with E-state index in [2.05, 4.69) is 10.6 Å². The molecule has 2 aliphatic heterocycles. The molecule has 136 valence electrons. The molecule has 2 fully saturated rings. The fourth-order valence-electron chi connectivity index (χ4n) is 3.18. The maximum Gasteiger partial charge on any atom is 0.253 e. The molecule has 25 heavy (non-hydrogen) atoms. The van der Waals surface area contributed by atoms with Crippen LogP contribution < -0.4 is 10.6 Å². The van der Waals surface area contributed by atoms with Crippen molar-refractivity contribution in [3.05, 3.63) is 28.2 Å². The number of hydrogen-bond donors (Lipinski definition) is 2. The van der Waals surface area contributed by atoms with Crippen LogP contribution in [0.2, 0.25) is 10.0 Å². The van der Waals surface area contributed by atoms with Gasteiger partial charge >= 0.3 is 0 Å². The summed E-state index contributed by atoms with van der Waals surface area (Å²) in [5.41, 5.74) is 0.490. The Bertz CT molecular complexity index is 650. The number of benzene rings is 1.